The SMILES string of the molecule is CC[N+](C)(C=O)CC. The highest BCUT2D eigenvalue weighted by atomic mass is 16.1. The molecular weight excluding hydrogens is 102 g/mol. The molecule has 0 aromatic carbocycles. The van der Waals surface area contributed by atoms with Crippen LogP contribution in [0.4, 0.5) is 0 Å². The molecule has 0 saturated carbocycles. The van der Waals surface area contributed by atoms with E-state index in [1.807, 2.05) is 20.9 Å². The largest absolute Gasteiger partial charge is 0.301 e. The van der Waals surface area contributed by atoms with Crippen LogP contribution in [0.15, 0.2) is 0 Å². The maximum atomic E-state index is 10.3. The lowest BCUT2D eigenvalue weighted by atomic mass is 10.5. The maximum Gasteiger partial charge on any atom is 0.301 e. The first kappa shape index (κ1) is 7.63. The second kappa shape index (κ2) is 2.82. The number of quaternary nitrogens is 1. The summed E-state index contributed by atoms with van der Waals surface area (Å²) in [5, 5.41) is 0. The Balaban J connectivity index is 3.76. The Kier molecular flexibility index (Phi) is 2.69. The highest BCUT2D eigenvalue weighted by Crippen LogP contribution is 1.93. The van der Waals surface area contributed by atoms with Crippen LogP contribution in [0.1, 0.15) is 13.8 Å². The minimum atomic E-state index is 0.528. The fraction of sp³-hybridized carbons (Fsp3) is 0.833. The summed E-state index contributed by atoms with van der Waals surface area (Å²) in [6.45, 7) is 5.80. The van der Waals surface area contributed by atoms with E-state index in [9.17, 15) is 4.79 Å². The molecule has 0 N–H and O–H groups in total. The van der Waals surface area contributed by atoms with E-state index in [0.29, 0.717) is 4.48 Å². The van der Waals surface area contributed by atoms with Crippen molar-refractivity contribution >= 4 is 6.41 Å². The topological polar surface area (TPSA) is 17.1 Å². The van der Waals surface area contributed by atoms with E-state index in [4.69, 9.17) is 0 Å². The smallest absolute Gasteiger partial charge is 0.266 e. The summed E-state index contributed by atoms with van der Waals surface area (Å²) in [6.07, 6.45) is 0.986. The third kappa shape index (κ3) is 1.62. The van der Waals surface area contributed by atoms with E-state index in [2.05, 4.69) is 0 Å². The van der Waals surface area contributed by atoms with Crippen LogP contribution in [0.25, 0.3) is 0 Å². The molecule has 0 aliphatic heterocycles. The Morgan fingerprint density at radius 3 is 1.75 bits per heavy atom. The summed E-state index contributed by atoms with van der Waals surface area (Å²) < 4.78 is 0.528. The van der Waals surface area contributed by atoms with Crippen molar-refractivity contribution < 1.29 is 9.28 Å². The van der Waals surface area contributed by atoms with E-state index < -0.39 is 0 Å². The zero-order valence-electron chi connectivity index (χ0n) is 5.85. The van der Waals surface area contributed by atoms with E-state index in [1.165, 1.54) is 0 Å². The van der Waals surface area contributed by atoms with Crippen molar-refractivity contribution in [3.8, 4) is 0 Å². The van der Waals surface area contributed by atoms with Crippen molar-refractivity contribution in [2.75, 3.05) is 20.1 Å². The summed E-state index contributed by atoms with van der Waals surface area (Å²) in [5.41, 5.74) is 0. The highest BCUT2D eigenvalue weighted by molar-refractivity contribution is 5.36. The van der Waals surface area contributed by atoms with Gasteiger partial charge in [0.25, 0.3) is 0 Å². The van der Waals surface area contributed by atoms with Crippen LogP contribution in [0.5, 0.6) is 0 Å². The van der Waals surface area contributed by atoms with E-state index >= 15 is 0 Å². The molecule has 0 aliphatic carbocycles. The standard InChI is InChI=1S/C6H14NO/c1-4-7(3,5-2)6-8/h6H,4-5H2,1-3H3/q+1. The first-order valence-electron chi connectivity index (χ1n) is 2.99. The van der Waals surface area contributed by atoms with Crippen LogP contribution in [0.3, 0.4) is 0 Å². The van der Waals surface area contributed by atoms with Gasteiger partial charge in [0.1, 0.15) is 0 Å². The van der Waals surface area contributed by atoms with Crippen molar-refractivity contribution in [3.05, 3.63) is 0 Å². The predicted molar refractivity (Wildman–Crippen MR) is 33.3 cm³/mol. The highest BCUT2D eigenvalue weighted by Gasteiger charge is 2.12. The van der Waals surface area contributed by atoms with Gasteiger partial charge in [-0.1, -0.05) is 0 Å². The number of hydrogen-bond acceptors (Lipinski definition) is 1. The molecule has 0 atom stereocenters. The lowest BCUT2D eigenvalue weighted by molar-refractivity contribution is -0.821. The zero-order chi connectivity index (χ0) is 6.62. The van der Waals surface area contributed by atoms with Gasteiger partial charge in [-0.05, 0) is 13.8 Å². The van der Waals surface area contributed by atoms with Crippen LogP contribution < -0.4 is 0 Å². The zero-order valence-corrected chi connectivity index (χ0v) is 5.85. The van der Waals surface area contributed by atoms with Gasteiger partial charge >= 0.3 is 6.41 Å². The first-order valence-corrected chi connectivity index (χ1v) is 2.99. The average Bonchev–Trinajstić information content (AvgIpc) is 1.87. The van der Waals surface area contributed by atoms with Gasteiger partial charge in [0.2, 0.25) is 0 Å². The molecular formula is C6H14NO+. The molecule has 0 saturated heterocycles. The van der Waals surface area contributed by atoms with E-state index in [1.54, 1.807) is 0 Å². The minimum Gasteiger partial charge on any atom is -0.266 e. The van der Waals surface area contributed by atoms with Crippen LogP contribution in [-0.2, 0) is 4.79 Å². The van der Waals surface area contributed by atoms with Crippen LogP contribution in [-0.4, -0.2) is 31.0 Å². The van der Waals surface area contributed by atoms with Gasteiger partial charge in [0, 0.05) is 0 Å². The predicted octanol–water partition coefficient (Wildman–Crippen LogP) is 0.629. The summed E-state index contributed by atoms with van der Waals surface area (Å²) >= 11 is 0. The fourth-order valence-electron chi connectivity index (χ4n) is 0.373. The van der Waals surface area contributed by atoms with E-state index in [-0.39, 0.29) is 0 Å². The fourth-order valence-corrected chi connectivity index (χ4v) is 0.373. The summed E-state index contributed by atoms with van der Waals surface area (Å²) in [6, 6.07) is 0. The molecule has 0 heterocycles. The summed E-state index contributed by atoms with van der Waals surface area (Å²) in [4.78, 5) is 10.3. The average molecular weight is 116 g/mol. The van der Waals surface area contributed by atoms with Crippen LogP contribution >= 0.6 is 0 Å². The van der Waals surface area contributed by atoms with Crippen molar-refractivity contribution in [2.24, 2.45) is 0 Å². The molecule has 2 heteroatoms. The molecule has 0 rings (SSSR count). The van der Waals surface area contributed by atoms with Crippen molar-refractivity contribution in [2.45, 2.75) is 13.8 Å². The molecule has 48 valence electrons. The summed E-state index contributed by atoms with van der Waals surface area (Å²) in [5.74, 6) is 0. The molecule has 0 unspecified atom stereocenters. The number of carbonyl (C=O) groups excluding carboxylic acids is 1. The monoisotopic (exact) mass is 116 g/mol. The number of hydrogen-bond donors (Lipinski definition) is 0. The lowest BCUT2D eigenvalue weighted by Gasteiger charge is -2.22. The maximum absolute atomic E-state index is 10.3. The normalized spacial score (nSPS) is 11.4. The van der Waals surface area contributed by atoms with Crippen molar-refractivity contribution in [1.82, 2.24) is 0 Å². The van der Waals surface area contributed by atoms with Crippen molar-refractivity contribution in [1.29, 1.82) is 0 Å². The Morgan fingerprint density at radius 2 is 1.75 bits per heavy atom. The van der Waals surface area contributed by atoms with Crippen molar-refractivity contribution in [3.63, 3.8) is 0 Å². The molecule has 8 heavy (non-hydrogen) atoms. The Labute approximate surface area is 50.7 Å². The molecule has 0 spiro atoms. The minimum absolute atomic E-state index is 0.528. The van der Waals surface area contributed by atoms with Crippen LogP contribution in [0, 0.1) is 0 Å². The van der Waals surface area contributed by atoms with E-state index in [0.717, 1.165) is 19.5 Å². The number of rotatable bonds is 3. The molecule has 0 aromatic rings. The van der Waals surface area contributed by atoms with Gasteiger partial charge in [0.05, 0.1) is 20.1 Å². The molecule has 1 amide bonds. The second-order valence-electron chi connectivity index (χ2n) is 2.22. The van der Waals surface area contributed by atoms with Gasteiger partial charge in [0.15, 0.2) is 0 Å². The van der Waals surface area contributed by atoms with Crippen LogP contribution in [0.2, 0.25) is 0 Å². The molecule has 0 radical (unpaired) electrons. The number of amides is 1. The third-order valence-corrected chi connectivity index (χ3v) is 1.70. The van der Waals surface area contributed by atoms with Gasteiger partial charge < -0.3 is 0 Å². The molecule has 0 bridgehead atoms. The van der Waals surface area contributed by atoms with Gasteiger partial charge in [-0.15, -0.1) is 0 Å². The quantitative estimate of drug-likeness (QED) is 0.390. The second-order valence-corrected chi connectivity index (χ2v) is 2.22. The summed E-state index contributed by atoms with van der Waals surface area (Å²) in [7, 11) is 1.92. The molecule has 0 aliphatic rings. The molecule has 2 nitrogen and oxygen atoms in total. The number of carbonyl (C=O) groups is 1. The Hall–Kier alpha value is -0.370. The Bertz CT molecular complexity index is 76.6. The van der Waals surface area contributed by atoms with Gasteiger partial charge in [-0.2, -0.15) is 0 Å². The molecule has 0 fully saturated rings. The lowest BCUT2D eigenvalue weighted by Crippen LogP contribution is -2.41. The Morgan fingerprint density at radius 1 is 1.38 bits per heavy atom. The third-order valence-electron chi connectivity index (χ3n) is 1.70. The van der Waals surface area contributed by atoms with Gasteiger partial charge in [-0.25, -0.2) is 4.79 Å². The first-order chi connectivity index (χ1) is 3.68. The molecule has 0 aromatic heterocycles. The van der Waals surface area contributed by atoms with Gasteiger partial charge in [-0.3, -0.25) is 4.48 Å². The number of nitrogens with zero attached hydrogens (tertiary/aromatic N) is 1.